The van der Waals surface area contributed by atoms with Crippen LogP contribution in [0, 0.1) is 0 Å². The van der Waals surface area contributed by atoms with E-state index in [9.17, 15) is 19.2 Å². The summed E-state index contributed by atoms with van der Waals surface area (Å²) in [6.45, 7) is 15.1. The molecule has 2 aromatic heterocycles. The van der Waals surface area contributed by atoms with Gasteiger partial charge >= 0.3 is 24.1 Å². The zero-order chi connectivity index (χ0) is 49.6. The molecular weight excluding hydrogens is 1050 g/mol. The number of hydrogen-bond acceptors (Lipinski definition) is 12. The normalized spacial score (nSPS) is 17.7. The van der Waals surface area contributed by atoms with E-state index in [1.54, 1.807) is 57.2 Å². The monoisotopic (exact) mass is 1110 g/mol. The summed E-state index contributed by atoms with van der Waals surface area (Å²) in [6.07, 6.45) is 1.30. The summed E-state index contributed by atoms with van der Waals surface area (Å²) in [4.78, 5) is 56.8. The molecule has 6 aromatic rings. The minimum absolute atomic E-state index is 0. The van der Waals surface area contributed by atoms with E-state index in [-0.39, 0.29) is 45.6 Å². The smallest absolute Gasteiger partial charge is 0.411 e. The third kappa shape index (κ3) is 12.6. The van der Waals surface area contributed by atoms with E-state index in [0.717, 1.165) is 49.4 Å². The average Bonchev–Trinajstić information content (AvgIpc) is 4.16. The Morgan fingerprint density at radius 3 is 1.31 bits per heavy atom. The maximum atomic E-state index is 12.9. The van der Waals surface area contributed by atoms with Crippen LogP contribution < -0.4 is 0 Å². The topological polar surface area (TPSA) is 173 Å². The molecular formula is C52H57BrN8O8Pd. The summed E-state index contributed by atoms with van der Waals surface area (Å²) < 4.78 is 22.0. The van der Waals surface area contributed by atoms with Crippen molar-refractivity contribution in [3.05, 3.63) is 126 Å². The van der Waals surface area contributed by atoms with Crippen molar-refractivity contribution in [3.8, 4) is 45.0 Å². The molecule has 70 heavy (non-hydrogen) atoms. The van der Waals surface area contributed by atoms with Gasteiger partial charge in [-0.2, -0.15) is 30.0 Å². The average molecular weight is 1110 g/mol. The molecule has 16 nitrogen and oxygen atoms in total. The summed E-state index contributed by atoms with van der Waals surface area (Å²) in [5.74, 6) is -0.983. The van der Waals surface area contributed by atoms with Crippen molar-refractivity contribution < 1.29 is 58.5 Å². The van der Waals surface area contributed by atoms with E-state index < -0.39 is 47.4 Å². The van der Waals surface area contributed by atoms with Crippen molar-refractivity contribution in [2.45, 2.75) is 89.8 Å². The molecule has 2 saturated heterocycles. The Kier molecular flexibility index (Phi) is 17.0. The van der Waals surface area contributed by atoms with E-state index in [0.29, 0.717) is 18.5 Å². The van der Waals surface area contributed by atoms with E-state index in [1.165, 1.54) is 24.0 Å². The molecule has 4 atom stereocenters. The molecule has 4 heterocycles. The SMILES string of the molecule is C=Cc1cccc(-c2nn([C@@H]3C[C@@H](C(=O)OC)N(C(=O)OC(C)(C)C)C3)nc2-c2ccccc2)c1.COC(=O)[C@@H]1C[C@@H](n2nc(-c3ccccc3)c(-c3cccc(Br)c3)n2)CN1C(=O)OC(C)(C)C.[Pd]. The van der Waals surface area contributed by atoms with Crippen LogP contribution in [-0.4, -0.2) is 115 Å². The Labute approximate surface area is 430 Å². The van der Waals surface area contributed by atoms with Crippen molar-refractivity contribution in [1.29, 1.82) is 0 Å². The number of esters is 2. The fraction of sp³-hybridized carbons (Fsp3) is 0.346. The van der Waals surface area contributed by atoms with Crippen LogP contribution in [0.2, 0.25) is 0 Å². The van der Waals surface area contributed by atoms with Gasteiger partial charge in [-0.15, -0.1) is 0 Å². The number of hydrogen-bond donors (Lipinski definition) is 0. The number of aromatic nitrogens is 6. The third-order valence-electron chi connectivity index (χ3n) is 11.3. The number of ether oxygens (including phenoxy) is 4. The molecule has 4 aromatic carbocycles. The van der Waals surface area contributed by atoms with Gasteiger partial charge in [0, 0.05) is 73.1 Å². The Morgan fingerprint density at radius 1 is 0.571 bits per heavy atom. The molecule has 0 spiro atoms. The number of likely N-dealkylation sites (tertiary alicyclic amines) is 2. The molecule has 2 aliphatic heterocycles. The van der Waals surface area contributed by atoms with Crippen molar-refractivity contribution in [3.63, 3.8) is 0 Å². The van der Waals surface area contributed by atoms with Gasteiger partial charge in [0.15, 0.2) is 0 Å². The molecule has 2 aliphatic rings. The Morgan fingerprint density at radius 2 is 0.943 bits per heavy atom. The Balaban J connectivity index is 0.000000226. The quantitative estimate of drug-likeness (QED) is 0.0763. The van der Waals surface area contributed by atoms with E-state index >= 15 is 0 Å². The van der Waals surface area contributed by atoms with Crippen LogP contribution in [0.3, 0.4) is 0 Å². The van der Waals surface area contributed by atoms with Gasteiger partial charge in [-0.05, 0) is 65.3 Å². The van der Waals surface area contributed by atoms with Crippen LogP contribution in [0.4, 0.5) is 9.59 Å². The van der Waals surface area contributed by atoms with Crippen molar-refractivity contribution >= 4 is 46.1 Å². The van der Waals surface area contributed by atoms with Crippen molar-refractivity contribution in [1.82, 2.24) is 39.8 Å². The molecule has 0 radical (unpaired) electrons. The molecule has 0 N–H and O–H groups in total. The van der Waals surface area contributed by atoms with Gasteiger partial charge in [0.1, 0.15) is 46.1 Å². The predicted molar refractivity (Wildman–Crippen MR) is 264 cm³/mol. The van der Waals surface area contributed by atoms with Crippen LogP contribution in [0.25, 0.3) is 51.1 Å². The molecule has 2 amide bonds. The summed E-state index contributed by atoms with van der Waals surface area (Å²) in [5, 5.41) is 19.3. The summed E-state index contributed by atoms with van der Waals surface area (Å²) >= 11 is 3.53. The number of carbonyl (C=O) groups excluding carboxylic acids is 4. The second kappa shape index (κ2) is 22.5. The maximum absolute atomic E-state index is 12.9. The number of nitrogens with zero attached hydrogens (tertiary/aromatic N) is 8. The van der Waals surface area contributed by atoms with E-state index in [1.807, 2.05) is 109 Å². The Hall–Kier alpha value is -6.48. The number of rotatable bonds is 9. The first-order chi connectivity index (χ1) is 32.9. The molecule has 18 heteroatoms. The zero-order valence-corrected chi connectivity index (χ0v) is 43.5. The minimum Gasteiger partial charge on any atom is -0.467 e. The molecule has 0 bridgehead atoms. The van der Waals surface area contributed by atoms with Gasteiger partial charge in [-0.25, -0.2) is 19.2 Å². The predicted octanol–water partition coefficient (Wildman–Crippen LogP) is 10.1. The fourth-order valence-electron chi connectivity index (χ4n) is 8.12. The molecule has 370 valence electrons. The Bertz CT molecular complexity index is 2810. The standard InChI is InChI=1S/C27H30N4O4.C25H27BrN4O4.Pd/c1-6-18-11-10-14-20(15-18)24-23(19-12-8-7-9-13-19)28-31(29-24)21-16-22(25(32)34-5)30(17-21)26(33)35-27(2,3)4;1-25(2,3)34-24(32)29-15-19(14-20(29)23(31)33-4)30-27-21(16-9-6-5-7-10-16)22(28-30)17-11-8-12-18(26)13-17;/h6-15,21-22H,1,16-17H2,2-5H3;5-13,19-20H,14-15H2,1-4H3;/t21-,22+;19-,20+;/m11./s1. The minimum atomic E-state index is -0.779. The van der Waals surface area contributed by atoms with Gasteiger partial charge in [0.05, 0.1) is 26.3 Å². The summed E-state index contributed by atoms with van der Waals surface area (Å²) in [5.41, 5.74) is 6.13. The number of methoxy groups -OCH3 is 2. The molecule has 0 saturated carbocycles. The van der Waals surface area contributed by atoms with Crippen LogP contribution >= 0.6 is 15.9 Å². The summed E-state index contributed by atoms with van der Waals surface area (Å²) in [6, 6.07) is 33.2. The second-order valence-corrected chi connectivity index (χ2v) is 19.5. The van der Waals surface area contributed by atoms with Crippen molar-refractivity contribution in [2.24, 2.45) is 0 Å². The van der Waals surface area contributed by atoms with Gasteiger partial charge < -0.3 is 18.9 Å². The second-order valence-electron chi connectivity index (χ2n) is 18.6. The van der Waals surface area contributed by atoms with Crippen LogP contribution in [-0.2, 0) is 49.0 Å². The number of halogens is 1. The molecule has 0 unspecified atom stereocenters. The first-order valence-corrected chi connectivity index (χ1v) is 23.3. The van der Waals surface area contributed by atoms with E-state index in [2.05, 4.69) is 22.5 Å². The molecule has 0 aliphatic carbocycles. The maximum Gasteiger partial charge on any atom is 0.411 e. The molecule has 2 fully saturated rings. The van der Waals surface area contributed by atoms with E-state index in [4.69, 9.17) is 39.3 Å². The first-order valence-electron chi connectivity index (χ1n) is 22.5. The van der Waals surface area contributed by atoms with Gasteiger partial charge in [0.25, 0.3) is 0 Å². The van der Waals surface area contributed by atoms with Crippen LogP contribution in [0.1, 0.15) is 72.0 Å². The zero-order valence-electron chi connectivity index (χ0n) is 40.4. The fourth-order valence-corrected chi connectivity index (χ4v) is 8.51. The molecule has 8 rings (SSSR count). The summed E-state index contributed by atoms with van der Waals surface area (Å²) in [7, 11) is 2.63. The number of carbonyl (C=O) groups is 4. The third-order valence-corrected chi connectivity index (χ3v) is 11.8. The van der Waals surface area contributed by atoms with Crippen molar-refractivity contribution in [2.75, 3.05) is 27.3 Å². The van der Waals surface area contributed by atoms with Gasteiger partial charge in [-0.3, -0.25) is 9.80 Å². The van der Waals surface area contributed by atoms with Crippen LogP contribution in [0.15, 0.2) is 120 Å². The first kappa shape index (κ1) is 52.9. The van der Waals surface area contributed by atoms with Gasteiger partial charge in [0.2, 0.25) is 0 Å². The number of benzene rings is 4. The number of amides is 2. The van der Waals surface area contributed by atoms with Gasteiger partial charge in [-0.1, -0.05) is 120 Å². The van der Waals surface area contributed by atoms with Crippen LogP contribution in [0.5, 0.6) is 0 Å². The largest absolute Gasteiger partial charge is 0.467 e.